The van der Waals surface area contributed by atoms with Crippen molar-refractivity contribution < 1.29 is 175 Å². The third-order valence-electron chi connectivity index (χ3n) is 8.25. The van der Waals surface area contributed by atoms with Gasteiger partial charge in [0.1, 0.15) is 5.75 Å². The largest absolute Gasteiger partial charge is 0.493 e. The second kappa shape index (κ2) is 11.4. The van der Waals surface area contributed by atoms with E-state index >= 15 is 0 Å². The van der Waals surface area contributed by atoms with Crippen LogP contribution in [0.25, 0.3) is 0 Å². The van der Waals surface area contributed by atoms with E-state index in [-0.39, 0.29) is 177 Å². The third-order valence-corrected chi connectivity index (χ3v) is 9.20. The molecule has 2 aliphatic heterocycles. The van der Waals surface area contributed by atoms with Crippen molar-refractivity contribution in [1.82, 2.24) is 4.90 Å². The van der Waals surface area contributed by atoms with Gasteiger partial charge in [0.05, 0.1) is 22.3 Å². The first-order chi connectivity index (χ1) is 17.5. The maximum atomic E-state index is 12.0. The number of anilines is 2. The monoisotopic (exact) mass is 779 g/mol. The van der Waals surface area contributed by atoms with Crippen LogP contribution in [0, 0.1) is 27.7 Å². The zero-order valence-electron chi connectivity index (χ0n) is 23.3. The molecule has 1 N–H and O–H groups in total. The fourth-order valence-corrected chi connectivity index (χ4v) is 6.64. The fourth-order valence-electron chi connectivity index (χ4n) is 6.10. The van der Waals surface area contributed by atoms with E-state index in [2.05, 4.69) is 62.7 Å². The first-order valence-electron chi connectivity index (χ1n) is 13.5. The SMILES string of the molecule is Cc1cc(N2C(C)CN(CCCCOc3cc4c(c(C)c3C)C(C)CC(=O)N4)CC2C)c(Cl)c(Cl)c1C.[HH].[HH].[HH].[HH].[HH].[HH].[HH].[HH].[HH].[HH].[HH].[HH].[HH].[HH].[HH].[HH].[HH].[HH].[HH].[HH].[HH].[HH].[HH].[HH].[HH].[HH].[HH].[HH].[HH].[HH].[HH].[HH].[HH].[HH].[HH].[HH].[HH].[HH].[HH].[HH].[HH].[HH].[HH].[HH].[HH].[HH].[HH].[HH].[HH].[HH].[HH].[HH].[HH].[HH].[HH].[HH].[HH].[HH].[HH].[HH].[HH].[HH].[HH].[HH].[HH].[HH].[HH].[HH].[HH].[HH].[HH].[HH].[HH].[HH].[HH].[HH].[HH].[HH].[HH].[HH].[HH].[HH].[HH].[HH].[HH].[HH].[HH].[HH].[HH].[HH].[HH].[HH].[HH].[HH].[HH].[HH].[HH].[HH].[HH].[HH].[HH].[HH].[HH].[HH].[HH].[HH].[HH].[HH].[HH].[HH].[HH].[HH].[HH].[HH].[HH].[HH]. The van der Waals surface area contributed by atoms with Crippen LogP contribution >= 0.6 is 23.2 Å². The van der Waals surface area contributed by atoms with Crippen LogP contribution in [-0.2, 0) is 4.79 Å². The van der Waals surface area contributed by atoms with Crippen molar-refractivity contribution in [3.05, 3.63) is 50.0 Å². The van der Waals surface area contributed by atoms with Gasteiger partial charge < -0.3 is 15.0 Å². The Kier molecular flexibility index (Phi) is 8.67. The van der Waals surface area contributed by atoms with E-state index < -0.39 is 0 Å². The van der Waals surface area contributed by atoms with E-state index in [0.29, 0.717) is 35.2 Å². The van der Waals surface area contributed by atoms with Crippen LogP contribution in [0.1, 0.15) is 239 Å². The van der Waals surface area contributed by atoms with Crippen LogP contribution in [0.5, 0.6) is 5.75 Å². The Hall–Kier alpha value is -1.95. The number of piperazine rings is 1. The Morgan fingerprint density at radius 1 is 0.973 bits per heavy atom. The molecular weight excluding hydrogens is 505 g/mol. The third kappa shape index (κ3) is 5.74. The van der Waals surface area contributed by atoms with Gasteiger partial charge in [0, 0.05) is 209 Å². The molecule has 434 valence electrons. The first-order valence-corrected chi connectivity index (χ1v) is 14.3. The standard InChI is InChI=1S/C30H41Cl2N3O2.116H2/c1-17-12-25(30(32)29(31)21(17)5)35-19(3)15-34(16-20(35)4)10-8-9-11-37-26-14-24-28(23(7)22(26)6)18(2)13-27(36)33-24;;;;;;;;;;;;;;;;;;;;;;;;;;;;;;;;;;;;;;;;;;;;;;;;;;;;;;;;;;;;;;;;;;;;;;;;;;;;;;;;;;;;;;;;;;;;;;;;;;;;;;;;;;;;;;;;;;;;/h12,14,18-20H,8-11,13,15-16H2,1-7H3,(H,33,36);116*1H. The molecule has 3 atom stereocenters. The summed E-state index contributed by atoms with van der Waals surface area (Å²) in [5.41, 5.74) is 7.83. The predicted molar refractivity (Wildman–Crippen MR) is 401 cm³/mol. The normalized spacial score (nSPS) is 22.1. The summed E-state index contributed by atoms with van der Waals surface area (Å²) in [5, 5.41) is 4.36. The summed E-state index contributed by atoms with van der Waals surface area (Å²) < 4.78 is 6.20. The average molecular weight is 780 g/mol. The summed E-state index contributed by atoms with van der Waals surface area (Å²) >= 11 is 13.2. The minimum atomic E-state index is 0. The number of nitrogens with one attached hydrogen (secondary N) is 1. The van der Waals surface area contributed by atoms with E-state index in [1.807, 2.05) is 13.0 Å². The van der Waals surface area contributed by atoms with Crippen LogP contribution < -0.4 is 15.0 Å². The van der Waals surface area contributed by atoms with Gasteiger partial charge in [-0.25, -0.2) is 0 Å². The number of rotatable bonds is 7. The zero-order valence-corrected chi connectivity index (χ0v) is 24.8. The molecule has 1 fully saturated rings. The summed E-state index contributed by atoms with van der Waals surface area (Å²) in [7, 11) is 0. The number of fused-ring (bicyclic) bond motifs is 1. The van der Waals surface area contributed by atoms with E-state index in [4.69, 9.17) is 27.9 Å². The smallest absolute Gasteiger partial charge is 0.224 e. The van der Waals surface area contributed by atoms with Crippen LogP contribution in [0.4, 0.5) is 11.4 Å². The molecule has 2 aromatic rings. The maximum absolute atomic E-state index is 12.0. The minimum absolute atomic E-state index is 0. The molecule has 4 rings (SSSR count). The van der Waals surface area contributed by atoms with Crippen molar-refractivity contribution in [3.8, 4) is 5.75 Å². The quantitative estimate of drug-likeness (QED) is 0.284. The number of hydrogen-bond donors (Lipinski definition) is 1. The molecule has 0 saturated carbocycles. The Labute approximate surface area is 404 Å². The highest BCUT2D eigenvalue weighted by molar-refractivity contribution is 6.44. The molecule has 0 radical (unpaired) electrons. The van der Waals surface area contributed by atoms with Crippen LogP contribution in [-0.4, -0.2) is 49.1 Å². The van der Waals surface area contributed by atoms with E-state index in [1.165, 1.54) is 22.3 Å². The molecule has 3 unspecified atom stereocenters. The number of nitrogens with zero attached hydrogens (tertiary/aromatic N) is 2. The lowest BCUT2D eigenvalue weighted by Gasteiger charge is -2.46. The highest BCUT2D eigenvalue weighted by atomic mass is 35.5. The number of halogens is 2. The number of hydrogen-bond acceptors (Lipinski definition) is 4. The van der Waals surface area contributed by atoms with Gasteiger partial charge in [-0.05, 0) is 101 Å². The molecule has 37 heavy (non-hydrogen) atoms. The number of ether oxygens (including phenoxy) is 1. The number of carbonyl (C=O) groups is 1. The molecular formula is C30H273Cl2N3O2. The van der Waals surface area contributed by atoms with Gasteiger partial charge in [0.25, 0.3) is 0 Å². The molecule has 0 aliphatic carbocycles. The number of carbonyl (C=O) groups excluding carboxylic acids is 1. The lowest BCUT2D eigenvalue weighted by Crippen LogP contribution is -2.57. The summed E-state index contributed by atoms with van der Waals surface area (Å²) in [5.74, 6) is 1.20. The molecule has 7 heteroatoms. The molecule has 2 aromatic carbocycles. The lowest BCUT2D eigenvalue weighted by molar-refractivity contribution is -0.116. The Morgan fingerprint density at radius 3 is 2.32 bits per heavy atom. The van der Waals surface area contributed by atoms with Crippen molar-refractivity contribution in [2.45, 2.75) is 85.7 Å². The summed E-state index contributed by atoms with van der Waals surface area (Å²) in [6, 6.07) is 4.88. The van der Waals surface area contributed by atoms with Crippen molar-refractivity contribution in [2.24, 2.45) is 0 Å². The van der Waals surface area contributed by atoms with Gasteiger partial charge in [-0.15, -0.1) is 0 Å². The number of unbranched alkanes of at least 4 members (excludes halogenated alkanes) is 1. The van der Waals surface area contributed by atoms with Crippen molar-refractivity contribution >= 4 is 40.5 Å². The predicted octanol–water partition coefficient (Wildman–Crippen LogP) is 36.0. The molecule has 1 amide bonds. The molecule has 0 spiro atoms. The molecule has 5 nitrogen and oxygen atoms in total. The Balaban J connectivity index is -0.00000000124. The van der Waals surface area contributed by atoms with Crippen molar-refractivity contribution in [2.75, 3.05) is 36.5 Å². The van der Waals surface area contributed by atoms with Crippen LogP contribution in [0.3, 0.4) is 0 Å². The van der Waals surface area contributed by atoms with Gasteiger partial charge in [0.2, 0.25) is 5.91 Å². The molecule has 0 bridgehead atoms. The summed E-state index contributed by atoms with van der Waals surface area (Å²) in [6.45, 7) is 18.7. The second-order valence-electron chi connectivity index (χ2n) is 11.1. The van der Waals surface area contributed by atoms with Gasteiger partial charge in [-0.3, -0.25) is 9.69 Å². The zero-order chi connectivity index (χ0) is 27.0. The van der Waals surface area contributed by atoms with E-state index in [9.17, 15) is 4.79 Å². The highest BCUT2D eigenvalue weighted by Gasteiger charge is 2.31. The molecule has 1 saturated heterocycles. The van der Waals surface area contributed by atoms with E-state index in [1.54, 1.807) is 0 Å². The summed E-state index contributed by atoms with van der Waals surface area (Å²) in [4.78, 5) is 17.0. The van der Waals surface area contributed by atoms with Gasteiger partial charge >= 0.3 is 0 Å². The van der Waals surface area contributed by atoms with Crippen molar-refractivity contribution in [1.29, 1.82) is 0 Å². The lowest BCUT2D eigenvalue weighted by atomic mass is 9.86. The first kappa shape index (κ1) is 28.1. The van der Waals surface area contributed by atoms with E-state index in [0.717, 1.165) is 55.2 Å². The second-order valence-corrected chi connectivity index (χ2v) is 11.9. The van der Waals surface area contributed by atoms with Gasteiger partial charge in [0.15, 0.2) is 0 Å². The Morgan fingerprint density at radius 2 is 1.65 bits per heavy atom. The van der Waals surface area contributed by atoms with Crippen molar-refractivity contribution in [3.63, 3.8) is 0 Å². The number of amides is 1. The average Bonchev–Trinajstić information content (AvgIpc) is 2.82. The molecule has 2 heterocycles. The number of benzene rings is 2. The Bertz CT molecular complexity index is 1290. The van der Waals surface area contributed by atoms with Gasteiger partial charge in [-0.1, -0.05) is 30.1 Å². The fraction of sp³-hybridized carbons (Fsp3) is 0.567. The molecule has 2 aliphatic rings. The maximum Gasteiger partial charge on any atom is 0.224 e. The molecule has 0 aromatic heterocycles. The number of aryl methyl sites for hydroxylation is 1. The highest BCUT2D eigenvalue weighted by Crippen LogP contribution is 2.41. The van der Waals surface area contributed by atoms with Crippen LogP contribution in [0.2, 0.25) is 10.0 Å². The van der Waals surface area contributed by atoms with Crippen LogP contribution in [0.15, 0.2) is 12.1 Å². The van der Waals surface area contributed by atoms with Gasteiger partial charge in [-0.2, -0.15) is 0 Å². The minimum Gasteiger partial charge on any atom is -0.493 e. The summed E-state index contributed by atoms with van der Waals surface area (Å²) in [6.07, 6.45) is 2.61. The topological polar surface area (TPSA) is 44.8 Å².